The summed E-state index contributed by atoms with van der Waals surface area (Å²) < 4.78 is 21.0. The molecule has 30 heavy (non-hydrogen) atoms. The van der Waals surface area contributed by atoms with Gasteiger partial charge in [-0.2, -0.15) is 5.26 Å². The van der Waals surface area contributed by atoms with Crippen LogP contribution in [0.15, 0.2) is 46.1 Å². The molecule has 8 heteroatoms. The van der Waals surface area contributed by atoms with Crippen molar-refractivity contribution in [2.24, 2.45) is 5.92 Å². The van der Waals surface area contributed by atoms with Gasteiger partial charge < -0.3 is 24.1 Å². The second-order valence-electron chi connectivity index (χ2n) is 6.62. The average molecular weight is 413 g/mol. The van der Waals surface area contributed by atoms with Crippen LogP contribution in [0, 0.1) is 17.2 Å². The molecule has 160 valence electrons. The highest BCUT2D eigenvalue weighted by atomic mass is 16.6. The number of carbonyl (C=O) groups is 1. The summed E-state index contributed by atoms with van der Waals surface area (Å²) in [5.74, 6) is 0.460. The van der Waals surface area contributed by atoms with Gasteiger partial charge in [0.05, 0.1) is 20.3 Å². The summed E-state index contributed by atoms with van der Waals surface area (Å²) in [6.45, 7) is 6.79. The highest BCUT2D eigenvalue weighted by molar-refractivity contribution is 5.93. The number of nitriles is 1. The molecule has 8 nitrogen and oxygen atoms in total. The lowest BCUT2D eigenvalue weighted by Crippen LogP contribution is -2.23. The van der Waals surface area contributed by atoms with E-state index in [0.29, 0.717) is 29.5 Å². The molecule has 1 aromatic heterocycles. The molecule has 0 aliphatic carbocycles. The van der Waals surface area contributed by atoms with E-state index in [1.165, 1.54) is 0 Å². The van der Waals surface area contributed by atoms with Gasteiger partial charge in [-0.1, -0.05) is 31.1 Å². The number of carbonyl (C=O) groups excluding carboxylic acids is 1. The van der Waals surface area contributed by atoms with Crippen LogP contribution in [0.4, 0.5) is 0 Å². The summed E-state index contributed by atoms with van der Waals surface area (Å²) in [7, 11) is 1.60. The predicted octanol–water partition coefficient (Wildman–Crippen LogP) is 3.45. The maximum atomic E-state index is 12.3. The molecular formula is C22H27N3O5. The van der Waals surface area contributed by atoms with Gasteiger partial charge in [0.25, 0.3) is 0 Å². The van der Waals surface area contributed by atoms with E-state index in [0.717, 1.165) is 5.56 Å². The predicted molar refractivity (Wildman–Crippen MR) is 110 cm³/mol. The highest BCUT2D eigenvalue weighted by Gasteiger charge is 2.20. The number of aromatic nitrogens is 1. The average Bonchev–Trinajstić information content (AvgIpc) is 3.22. The Morgan fingerprint density at radius 3 is 2.73 bits per heavy atom. The molecule has 0 aliphatic heterocycles. The first-order valence-corrected chi connectivity index (χ1v) is 9.73. The minimum atomic E-state index is -0.680. The standard InChI is InChI=1S/C22H27N3O5/c1-5-28-10-11-29-22(26)18(13-23)21(15(2)3)24-14-16-12-19(25-30-16)17-8-6-7-9-20(17)27-4/h6-9,12,15,24H,5,10-11,14H2,1-4H3/b21-18-. The molecule has 1 aromatic carbocycles. The van der Waals surface area contributed by atoms with Gasteiger partial charge in [-0.05, 0) is 25.0 Å². The zero-order chi connectivity index (χ0) is 21.9. The fraction of sp³-hybridized carbons (Fsp3) is 0.409. The van der Waals surface area contributed by atoms with Crippen LogP contribution in [0.5, 0.6) is 5.75 Å². The Morgan fingerprint density at radius 2 is 2.07 bits per heavy atom. The molecule has 0 unspecified atom stereocenters. The Bertz CT molecular complexity index is 911. The smallest absolute Gasteiger partial charge is 0.350 e. The Balaban J connectivity index is 2.12. The van der Waals surface area contributed by atoms with Crippen molar-refractivity contribution in [3.8, 4) is 23.1 Å². The molecule has 0 fully saturated rings. The van der Waals surface area contributed by atoms with Crippen LogP contribution in [-0.2, 0) is 20.8 Å². The number of rotatable bonds is 11. The van der Waals surface area contributed by atoms with Crippen molar-refractivity contribution >= 4 is 5.97 Å². The summed E-state index contributed by atoms with van der Waals surface area (Å²) in [6.07, 6.45) is 0. The second-order valence-corrected chi connectivity index (χ2v) is 6.62. The van der Waals surface area contributed by atoms with E-state index in [1.54, 1.807) is 13.2 Å². The van der Waals surface area contributed by atoms with E-state index in [1.807, 2.05) is 51.1 Å². The number of hydrogen-bond donors (Lipinski definition) is 1. The van der Waals surface area contributed by atoms with E-state index in [4.69, 9.17) is 18.7 Å². The first-order valence-electron chi connectivity index (χ1n) is 9.73. The summed E-state index contributed by atoms with van der Waals surface area (Å²) in [5, 5.41) is 16.7. The summed E-state index contributed by atoms with van der Waals surface area (Å²) in [4.78, 5) is 12.3. The van der Waals surface area contributed by atoms with E-state index in [-0.39, 0.29) is 31.2 Å². The Kier molecular flexibility index (Phi) is 8.91. The number of allylic oxidation sites excluding steroid dienone is 1. The van der Waals surface area contributed by atoms with Gasteiger partial charge in [0.1, 0.15) is 24.1 Å². The van der Waals surface area contributed by atoms with Crippen LogP contribution in [0.25, 0.3) is 11.3 Å². The molecule has 0 radical (unpaired) electrons. The number of hydrogen-bond acceptors (Lipinski definition) is 8. The third-order valence-electron chi connectivity index (χ3n) is 4.22. The topological polar surface area (TPSA) is 107 Å². The Hall–Kier alpha value is -3.31. The molecule has 1 heterocycles. The van der Waals surface area contributed by atoms with Crippen LogP contribution < -0.4 is 10.1 Å². The fourth-order valence-corrected chi connectivity index (χ4v) is 2.77. The lowest BCUT2D eigenvalue weighted by molar-refractivity contribution is -0.140. The summed E-state index contributed by atoms with van der Waals surface area (Å²) >= 11 is 0. The molecule has 0 atom stereocenters. The van der Waals surface area contributed by atoms with E-state index >= 15 is 0 Å². The quantitative estimate of drug-likeness (QED) is 0.258. The van der Waals surface area contributed by atoms with Crippen molar-refractivity contribution in [2.75, 3.05) is 26.9 Å². The Labute approximate surface area is 176 Å². The molecule has 1 N–H and O–H groups in total. The van der Waals surface area contributed by atoms with Crippen LogP contribution in [0.2, 0.25) is 0 Å². The van der Waals surface area contributed by atoms with Gasteiger partial charge in [0.15, 0.2) is 11.3 Å². The number of methoxy groups -OCH3 is 1. The van der Waals surface area contributed by atoms with Gasteiger partial charge in [-0.3, -0.25) is 0 Å². The molecule has 0 bridgehead atoms. The van der Waals surface area contributed by atoms with Crippen molar-refractivity contribution < 1.29 is 23.5 Å². The molecule has 0 saturated heterocycles. The third kappa shape index (κ3) is 6.09. The number of nitrogens with one attached hydrogen (secondary N) is 1. The lowest BCUT2D eigenvalue weighted by atomic mass is 10.0. The van der Waals surface area contributed by atoms with Crippen LogP contribution in [0.3, 0.4) is 0 Å². The van der Waals surface area contributed by atoms with Crippen molar-refractivity contribution in [3.05, 3.63) is 47.4 Å². The van der Waals surface area contributed by atoms with Crippen LogP contribution in [0.1, 0.15) is 26.5 Å². The maximum absolute atomic E-state index is 12.3. The van der Waals surface area contributed by atoms with E-state index in [2.05, 4.69) is 10.5 Å². The highest BCUT2D eigenvalue weighted by Crippen LogP contribution is 2.29. The molecule has 0 saturated carbocycles. The Morgan fingerprint density at radius 1 is 1.30 bits per heavy atom. The molecule has 0 amide bonds. The number of esters is 1. The van der Waals surface area contributed by atoms with Gasteiger partial charge in [0.2, 0.25) is 0 Å². The van der Waals surface area contributed by atoms with E-state index in [9.17, 15) is 10.1 Å². The number of ether oxygens (including phenoxy) is 3. The van der Waals surface area contributed by atoms with Crippen LogP contribution in [-0.4, -0.2) is 38.1 Å². The van der Waals surface area contributed by atoms with Crippen molar-refractivity contribution in [1.29, 1.82) is 5.26 Å². The second kappa shape index (κ2) is 11.6. The van der Waals surface area contributed by atoms with E-state index < -0.39 is 5.97 Å². The third-order valence-corrected chi connectivity index (χ3v) is 4.22. The zero-order valence-electron chi connectivity index (χ0n) is 17.7. The fourth-order valence-electron chi connectivity index (χ4n) is 2.77. The number of benzene rings is 1. The van der Waals surface area contributed by atoms with Gasteiger partial charge in [0, 0.05) is 23.9 Å². The summed E-state index contributed by atoms with van der Waals surface area (Å²) in [6, 6.07) is 11.2. The van der Waals surface area contributed by atoms with Crippen molar-refractivity contribution in [1.82, 2.24) is 10.5 Å². The van der Waals surface area contributed by atoms with Crippen molar-refractivity contribution in [2.45, 2.75) is 27.3 Å². The van der Waals surface area contributed by atoms with Gasteiger partial charge in [-0.15, -0.1) is 0 Å². The monoisotopic (exact) mass is 413 g/mol. The molecule has 0 aliphatic rings. The normalized spacial score (nSPS) is 11.6. The zero-order valence-corrected chi connectivity index (χ0v) is 17.7. The molecule has 0 spiro atoms. The van der Waals surface area contributed by atoms with Gasteiger partial charge >= 0.3 is 5.97 Å². The lowest BCUT2D eigenvalue weighted by Gasteiger charge is -2.15. The van der Waals surface area contributed by atoms with Crippen molar-refractivity contribution in [3.63, 3.8) is 0 Å². The SMILES string of the molecule is CCOCCOC(=O)/C(C#N)=C(\NCc1cc(-c2ccccc2OC)no1)C(C)C. The first-order chi connectivity index (χ1) is 14.5. The van der Waals surface area contributed by atoms with Crippen LogP contribution >= 0.6 is 0 Å². The first kappa shape index (κ1) is 23.0. The number of para-hydroxylation sites is 1. The minimum Gasteiger partial charge on any atom is -0.496 e. The number of nitrogens with zero attached hydrogens (tertiary/aromatic N) is 2. The summed E-state index contributed by atoms with van der Waals surface area (Å²) in [5.41, 5.74) is 1.86. The minimum absolute atomic E-state index is 0.0639. The molecule has 2 rings (SSSR count). The molecule has 2 aromatic rings. The largest absolute Gasteiger partial charge is 0.496 e. The van der Waals surface area contributed by atoms with Gasteiger partial charge in [-0.25, -0.2) is 4.79 Å². The molecular weight excluding hydrogens is 386 g/mol. The maximum Gasteiger partial charge on any atom is 0.350 e.